The summed E-state index contributed by atoms with van der Waals surface area (Å²) >= 11 is 0. The van der Waals surface area contributed by atoms with E-state index in [4.69, 9.17) is 5.73 Å². The normalized spacial score (nSPS) is 25.5. The molecule has 2 aromatic rings. The predicted octanol–water partition coefficient (Wildman–Crippen LogP) is 4.30. The van der Waals surface area contributed by atoms with Crippen LogP contribution in [0.4, 0.5) is 24.7 Å². The van der Waals surface area contributed by atoms with Crippen LogP contribution in [0.3, 0.4) is 0 Å². The molecule has 34 heavy (non-hydrogen) atoms. The Morgan fingerprint density at radius 3 is 2.47 bits per heavy atom. The highest BCUT2D eigenvalue weighted by molar-refractivity contribution is 5.99. The Morgan fingerprint density at radius 2 is 1.88 bits per heavy atom. The second kappa shape index (κ2) is 8.72. The molecule has 1 aromatic carbocycles. The van der Waals surface area contributed by atoms with Crippen molar-refractivity contribution in [3.63, 3.8) is 0 Å². The van der Waals surface area contributed by atoms with Gasteiger partial charge in [0.2, 0.25) is 0 Å². The number of aliphatic imine (C=N–C) groups is 1. The number of benzene rings is 1. The van der Waals surface area contributed by atoms with Gasteiger partial charge in [-0.2, -0.15) is 18.3 Å². The molecule has 7 nitrogen and oxygen atoms in total. The maximum atomic E-state index is 12.9. The number of aromatic nitrogens is 2. The molecule has 0 spiro atoms. The highest BCUT2D eigenvalue weighted by Gasteiger charge is 2.40. The van der Waals surface area contributed by atoms with Crippen molar-refractivity contribution in [1.82, 2.24) is 15.1 Å². The van der Waals surface area contributed by atoms with Gasteiger partial charge in [0.05, 0.1) is 18.2 Å². The molecule has 1 aliphatic heterocycles. The number of anilines is 2. The number of hydrogen-bond donors (Lipinski definition) is 3. The first-order valence-electron chi connectivity index (χ1n) is 11.8. The average molecular weight is 475 g/mol. The molecular formula is C24H29F3N6O. The number of primary amides is 1. The molecule has 3 aliphatic rings. The van der Waals surface area contributed by atoms with Crippen LogP contribution in [0.5, 0.6) is 0 Å². The van der Waals surface area contributed by atoms with E-state index in [1.54, 1.807) is 10.9 Å². The van der Waals surface area contributed by atoms with Crippen molar-refractivity contribution in [2.45, 2.75) is 63.3 Å². The molecule has 4 atom stereocenters. The number of rotatable bonds is 8. The number of nitrogens with zero attached hydrogens (tertiary/aromatic N) is 3. The van der Waals surface area contributed by atoms with E-state index >= 15 is 0 Å². The highest BCUT2D eigenvalue weighted by Crippen LogP contribution is 2.40. The molecule has 10 heteroatoms. The van der Waals surface area contributed by atoms with E-state index in [0.717, 1.165) is 43.9 Å². The fourth-order valence-electron chi connectivity index (χ4n) is 5.08. The van der Waals surface area contributed by atoms with Gasteiger partial charge in [-0.1, -0.05) is 0 Å². The van der Waals surface area contributed by atoms with Crippen LogP contribution in [0.25, 0.3) is 0 Å². The van der Waals surface area contributed by atoms with Gasteiger partial charge in [0.25, 0.3) is 5.91 Å². The lowest BCUT2D eigenvalue weighted by Gasteiger charge is -2.36. The zero-order valence-electron chi connectivity index (χ0n) is 19.0. The zero-order valence-corrected chi connectivity index (χ0v) is 19.0. The lowest BCUT2D eigenvalue weighted by Crippen LogP contribution is -2.44. The van der Waals surface area contributed by atoms with Gasteiger partial charge < -0.3 is 16.4 Å². The second-order valence-electron chi connectivity index (χ2n) is 9.72. The lowest BCUT2D eigenvalue weighted by atomic mass is 9.79. The number of hydrogen-bond acceptors (Lipinski definition) is 5. The van der Waals surface area contributed by atoms with Crippen LogP contribution in [0.1, 0.15) is 61.0 Å². The van der Waals surface area contributed by atoms with Crippen molar-refractivity contribution in [3.8, 4) is 0 Å². The molecule has 1 aromatic heterocycles. The fourth-order valence-corrected chi connectivity index (χ4v) is 5.08. The van der Waals surface area contributed by atoms with E-state index in [-0.39, 0.29) is 23.3 Å². The minimum atomic E-state index is -4.41. The standard InChI is InChI=1S/C24H29F3N6O/c1-13(14-2-3-14)30-17-8-9-21(18(10-17)20-11-29-20)33-12-19(22(28)34)23(32-33)31-16-6-4-15(5-7-16)24(25,26)27/h4-7,12-14,17-18,21,30H,2-3,8-11H2,1H3,(H2,28,34)(H,31,32)/t13-,17+,18+,21-/m0/s1. The number of nitrogens with two attached hydrogens (primary N) is 1. The topological polar surface area (TPSA) is 97.3 Å². The molecule has 2 fully saturated rings. The molecule has 0 radical (unpaired) electrons. The number of nitrogens with one attached hydrogen (secondary N) is 2. The fraction of sp³-hybridized carbons (Fsp3) is 0.542. The molecule has 2 aliphatic carbocycles. The molecule has 182 valence electrons. The quantitative estimate of drug-likeness (QED) is 0.532. The van der Waals surface area contributed by atoms with Crippen LogP contribution in [0.2, 0.25) is 0 Å². The molecule has 5 rings (SSSR count). The van der Waals surface area contributed by atoms with Crippen LogP contribution < -0.4 is 16.4 Å². The Hall–Kier alpha value is -2.88. The van der Waals surface area contributed by atoms with E-state index in [1.807, 2.05) is 0 Å². The van der Waals surface area contributed by atoms with Crippen molar-refractivity contribution in [2.75, 3.05) is 11.9 Å². The van der Waals surface area contributed by atoms with Crippen LogP contribution in [0, 0.1) is 11.8 Å². The summed E-state index contributed by atoms with van der Waals surface area (Å²) in [6, 6.07) is 5.60. The number of halogens is 3. The minimum Gasteiger partial charge on any atom is -0.365 e. The Labute approximate surface area is 196 Å². The summed E-state index contributed by atoms with van der Waals surface area (Å²) in [5.41, 5.74) is 6.64. The monoisotopic (exact) mass is 474 g/mol. The van der Waals surface area contributed by atoms with Crippen LogP contribution in [0.15, 0.2) is 35.5 Å². The summed E-state index contributed by atoms with van der Waals surface area (Å²) in [6.07, 6.45) is 2.69. The molecule has 4 N–H and O–H groups in total. The Kier molecular flexibility index (Phi) is 5.87. The van der Waals surface area contributed by atoms with Gasteiger partial charge in [-0.05, 0) is 69.2 Å². The summed E-state index contributed by atoms with van der Waals surface area (Å²) in [7, 11) is 0. The molecule has 0 bridgehead atoms. The van der Waals surface area contributed by atoms with Crippen molar-refractivity contribution in [3.05, 3.63) is 41.6 Å². The predicted molar refractivity (Wildman–Crippen MR) is 123 cm³/mol. The minimum absolute atomic E-state index is 0.0526. The van der Waals surface area contributed by atoms with E-state index in [2.05, 4.69) is 27.6 Å². The SMILES string of the molecule is C[C@H](N[C@@H]1CC[C@H](n2cc(C(N)=O)c(Nc3ccc(C(F)(F)F)cc3)n2)[C@@H](C2=NC2)C1)C1CC1. The van der Waals surface area contributed by atoms with Crippen molar-refractivity contribution in [1.29, 1.82) is 0 Å². The molecule has 0 saturated heterocycles. The van der Waals surface area contributed by atoms with Gasteiger partial charge in [-0.3, -0.25) is 14.5 Å². The molecule has 2 saturated carbocycles. The number of carbonyl (C=O) groups excluding carboxylic acids is 1. The first kappa shape index (κ1) is 22.9. The van der Waals surface area contributed by atoms with Gasteiger partial charge in [0.1, 0.15) is 5.56 Å². The summed E-state index contributed by atoms with van der Waals surface area (Å²) in [5.74, 6) is 0.621. The van der Waals surface area contributed by atoms with Gasteiger partial charge in [-0.25, -0.2) is 0 Å². The van der Waals surface area contributed by atoms with Crippen LogP contribution >= 0.6 is 0 Å². The summed E-state index contributed by atoms with van der Waals surface area (Å²) in [4.78, 5) is 16.6. The van der Waals surface area contributed by atoms with Gasteiger partial charge in [0, 0.05) is 35.6 Å². The van der Waals surface area contributed by atoms with Crippen molar-refractivity contribution in [2.24, 2.45) is 22.6 Å². The molecular weight excluding hydrogens is 445 g/mol. The van der Waals surface area contributed by atoms with Crippen molar-refractivity contribution >= 4 is 23.1 Å². The Bertz CT molecular complexity index is 1090. The summed E-state index contributed by atoms with van der Waals surface area (Å²) < 4.78 is 40.4. The maximum Gasteiger partial charge on any atom is 0.416 e. The van der Waals surface area contributed by atoms with E-state index in [1.165, 1.54) is 30.7 Å². The Morgan fingerprint density at radius 1 is 1.18 bits per heavy atom. The van der Waals surface area contributed by atoms with Gasteiger partial charge >= 0.3 is 6.18 Å². The van der Waals surface area contributed by atoms with E-state index in [9.17, 15) is 18.0 Å². The Balaban J connectivity index is 1.34. The van der Waals surface area contributed by atoms with Gasteiger partial charge in [-0.15, -0.1) is 0 Å². The third kappa shape index (κ3) is 4.96. The molecule has 1 amide bonds. The second-order valence-corrected chi connectivity index (χ2v) is 9.72. The number of carbonyl (C=O) groups is 1. The van der Waals surface area contributed by atoms with Crippen molar-refractivity contribution < 1.29 is 18.0 Å². The molecule has 0 unspecified atom stereocenters. The summed E-state index contributed by atoms with van der Waals surface area (Å²) in [6.45, 7) is 3.03. The number of amides is 1. The van der Waals surface area contributed by atoms with Crippen LogP contribution in [-0.4, -0.2) is 40.0 Å². The largest absolute Gasteiger partial charge is 0.416 e. The average Bonchev–Trinajstić information content (AvgIpc) is 3.70. The zero-order chi connectivity index (χ0) is 24.0. The summed E-state index contributed by atoms with van der Waals surface area (Å²) in [5, 5.41) is 11.4. The first-order chi connectivity index (χ1) is 16.2. The lowest BCUT2D eigenvalue weighted by molar-refractivity contribution is -0.137. The van der Waals surface area contributed by atoms with E-state index < -0.39 is 17.6 Å². The first-order valence-corrected chi connectivity index (χ1v) is 11.8. The third-order valence-corrected chi connectivity index (χ3v) is 7.22. The van der Waals surface area contributed by atoms with Crippen LogP contribution in [-0.2, 0) is 6.18 Å². The smallest absolute Gasteiger partial charge is 0.365 e. The van der Waals surface area contributed by atoms with E-state index in [0.29, 0.717) is 17.8 Å². The maximum absolute atomic E-state index is 12.9. The third-order valence-electron chi connectivity index (χ3n) is 7.22. The highest BCUT2D eigenvalue weighted by atomic mass is 19.4. The van der Waals surface area contributed by atoms with Gasteiger partial charge in [0.15, 0.2) is 5.82 Å². The number of alkyl halides is 3. The molecule has 2 heterocycles.